The number of benzene rings is 2. The Morgan fingerprint density at radius 2 is 1.96 bits per heavy atom. The molecule has 0 radical (unpaired) electrons. The Hall–Kier alpha value is -2.49. The molecule has 2 atom stereocenters. The van der Waals surface area contributed by atoms with E-state index in [1.54, 1.807) is 13.2 Å². The summed E-state index contributed by atoms with van der Waals surface area (Å²) in [6, 6.07) is 15.6. The van der Waals surface area contributed by atoms with Gasteiger partial charge in [-0.3, -0.25) is 4.79 Å². The molecule has 4 nitrogen and oxygen atoms in total. The Bertz CT molecular complexity index is 728. The maximum atomic E-state index is 13.1. The SMILES string of the molecule is CC[C@H](Oc1cccc(OC)c1)C(=O)N1c2ccccc2C[C@H]1C. The summed E-state index contributed by atoms with van der Waals surface area (Å²) >= 11 is 0. The highest BCUT2D eigenvalue weighted by molar-refractivity contribution is 5.99. The molecule has 0 N–H and O–H groups in total. The summed E-state index contributed by atoms with van der Waals surface area (Å²) in [4.78, 5) is 15.0. The average Bonchev–Trinajstić information content (AvgIpc) is 2.95. The van der Waals surface area contributed by atoms with Gasteiger partial charge in [0.05, 0.1) is 7.11 Å². The predicted octanol–water partition coefficient (Wildman–Crippen LogP) is 3.83. The van der Waals surface area contributed by atoms with Gasteiger partial charge in [0, 0.05) is 17.8 Å². The van der Waals surface area contributed by atoms with Crippen LogP contribution in [0, 0.1) is 0 Å². The maximum Gasteiger partial charge on any atom is 0.268 e. The lowest BCUT2D eigenvalue weighted by Crippen LogP contribution is -2.44. The van der Waals surface area contributed by atoms with E-state index in [9.17, 15) is 4.79 Å². The van der Waals surface area contributed by atoms with E-state index in [2.05, 4.69) is 13.0 Å². The summed E-state index contributed by atoms with van der Waals surface area (Å²) in [5.74, 6) is 1.38. The minimum atomic E-state index is -0.509. The minimum absolute atomic E-state index is 0.0118. The summed E-state index contributed by atoms with van der Waals surface area (Å²) in [6.07, 6.45) is 0.990. The lowest BCUT2D eigenvalue weighted by Gasteiger charge is -2.27. The van der Waals surface area contributed by atoms with Gasteiger partial charge in [0.25, 0.3) is 5.91 Å². The van der Waals surface area contributed by atoms with Gasteiger partial charge in [0.2, 0.25) is 0 Å². The van der Waals surface area contributed by atoms with Crippen molar-refractivity contribution in [3.8, 4) is 11.5 Å². The van der Waals surface area contributed by atoms with Gasteiger partial charge in [-0.1, -0.05) is 31.2 Å². The van der Waals surface area contributed by atoms with Crippen molar-refractivity contribution < 1.29 is 14.3 Å². The zero-order valence-corrected chi connectivity index (χ0v) is 14.4. The smallest absolute Gasteiger partial charge is 0.268 e. The van der Waals surface area contributed by atoms with Crippen LogP contribution in [-0.2, 0) is 11.2 Å². The van der Waals surface area contributed by atoms with E-state index in [1.165, 1.54) is 5.56 Å². The van der Waals surface area contributed by atoms with Crippen LogP contribution in [0.5, 0.6) is 11.5 Å². The van der Waals surface area contributed by atoms with Crippen LogP contribution in [0.4, 0.5) is 5.69 Å². The number of fused-ring (bicyclic) bond motifs is 1. The first-order chi connectivity index (χ1) is 11.6. The number of para-hydroxylation sites is 1. The van der Waals surface area contributed by atoms with Crippen LogP contribution in [0.3, 0.4) is 0 Å². The lowest BCUT2D eigenvalue weighted by atomic mass is 10.1. The molecule has 2 aromatic rings. The number of anilines is 1. The summed E-state index contributed by atoms with van der Waals surface area (Å²) in [6.45, 7) is 4.05. The molecule has 1 aliphatic heterocycles. The second kappa shape index (κ2) is 6.95. The zero-order valence-electron chi connectivity index (χ0n) is 14.4. The Kier molecular flexibility index (Phi) is 4.74. The van der Waals surface area contributed by atoms with Gasteiger partial charge in [-0.15, -0.1) is 0 Å². The van der Waals surface area contributed by atoms with Gasteiger partial charge in [0.1, 0.15) is 11.5 Å². The molecule has 0 saturated carbocycles. The Labute approximate surface area is 143 Å². The van der Waals surface area contributed by atoms with Gasteiger partial charge >= 0.3 is 0 Å². The molecular weight excluding hydrogens is 302 g/mol. The minimum Gasteiger partial charge on any atom is -0.497 e. The van der Waals surface area contributed by atoms with E-state index in [-0.39, 0.29) is 11.9 Å². The monoisotopic (exact) mass is 325 g/mol. The molecule has 1 aliphatic rings. The first-order valence-electron chi connectivity index (χ1n) is 8.35. The van der Waals surface area contributed by atoms with Gasteiger partial charge in [0.15, 0.2) is 6.10 Å². The number of hydrogen-bond donors (Lipinski definition) is 0. The van der Waals surface area contributed by atoms with E-state index >= 15 is 0 Å². The number of ether oxygens (including phenoxy) is 2. The molecule has 1 heterocycles. The van der Waals surface area contributed by atoms with Crippen LogP contribution in [0.1, 0.15) is 25.8 Å². The highest BCUT2D eigenvalue weighted by Gasteiger charge is 2.34. The Balaban J connectivity index is 1.82. The number of carbonyl (C=O) groups is 1. The van der Waals surface area contributed by atoms with Crippen molar-refractivity contribution >= 4 is 11.6 Å². The molecule has 3 rings (SSSR count). The Morgan fingerprint density at radius 1 is 1.21 bits per heavy atom. The van der Waals surface area contributed by atoms with Crippen molar-refractivity contribution in [3.05, 3.63) is 54.1 Å². The number of carbonyl (C=O) groups excluding carboxylic acids is 1. The molecule has 0 aromatic heterocycles. The van der Waals surface area contributed by atoms with Crippen LogP contribution in [0.15, 0.2) is 48.5 Å². The molecular formula is C20H23NO3. The summed E-state index contributed by atoms with van der Waals surface area (Å²) in [5.41, 5.74) is 2.22. The third-order valence-electron chi connectivity index (χ3n) is 4.41. The predicted molar refractivity (Wildman–Crippen MR) is 94.8 cm³/mol. The van der Waals surface area contributed by atoms with E-state index in [0.29, 0.717) is 12.2 Å². The Morgan fingerprint density at radius 3 is 2.71 bits per heavy atom. The second-order valence-electron chi connectivity index (χ2n) is 6.08. The first kappa shape index (κ1) is 16.4. The molecule has 2 aromatic carbocycles. The molecule has 0 aliphatic carbocycles. The quantitative estimate of drug-likeness (QED) is 0.838. The van der Waals surface area contributed by atoms with Crippen molar-refractivity contribution in [1.82, 2.24) is 0 Å². The van der Waals surface area contributed by atoms with Gasteiger partial charge in [-0.25, -0.2) is 0 Å². The molecule has 24 heavy (non-hydrogen) atoms. The van der Waals surface area contributed by atoms with Crippen LogP contribution in [0.25, 0.3) is 0 Å². The molecule has 4 heteroatoms. The largest absolute Gasteiger partial charge is 0.497 e. The van der Waals surface area contributed by atoms with Crippen molar-refractivity contribution in [2.45, 2.75) is 38.8 Å². The highest BCUT2D eigenvalue weighted by Crippen LogP contribution is 2.33. The van der Waals surface area contributed by atoms with Crippen LogP contribution in [-0.4, -0.2) is 25.2 Å². The standard InChI is InChI=1S/C20H23NO3/c1-4-19(24-17-10-7-9-16(13-17)23-3)20(22)21-14(2)12-15-8-5-6-11-18(15)21/h5-11,13-14,19H,4,12H2,1-3H3/t14-,19+/m1/s1. The zero-order chi connectivity index (χ0) is 17.1. The molecule has 0 unspecified atom stereocenters. The fourth-order valence-corrected chi connectivity index (χ4v) is 3.20. The number of hydrogen-bond acceptors (Lipinski definition) is 3. The molecule has 0 bridgehead atoms. The molecule has 0 saturated heterocycles. The summed E-state index contributed by atoms with van der Waals surface area (Å²) < 4.78 is 11.2. The summed E-state index contributed by atoms with van der Waals surface area (Å²) in [7, 11) is 1.62. The first-order valence-corrected chi connectivity index (χ1v) is 8.35. The van der Waals surface area contributed by atoms with E-state index < -0.39 is 6.10 Å². The third kappa shape index (κ3) is 3.09. The number of methoxy groups -OCH3 is 1. The van der Waals surface area contributed by atoms with Crippen LogP contribution < -0.4 is 14.4 Å². The van der Waals surface area contributed by atoms with Crippen LogP contribution in [0.2, 0.25) is 0 Å². The fourth-order valence-electron chi connectivity index (χ4n) is 3.20. The number of amides is 1. The van der Waals surface area contributed by atoms with E-state index in [1.807, 2.05) is 48.2 Å². The topological polar surface area (TPSA) is 38.8 Å². The molecule has 126 valence electrons. The van der Waals surface area contributed by atoms with Crippen molar-refractivity contribution in [2.24, 2.45) is 0 Å². The van der Waals surface area contributed by atoms with Crippen molar-refractivity contribution in [2.75, 3.05) is 12.0 Å². The highest BCUT2D eigenvalue weighted by atomic mass is 16.5. The van der Waals surface area contributed by atoms with Gasteiger partial charge in [-0.05, 0) is 43.5 Å². The number of rotatable bonds is 5. The lowest BCUT2D eigenvalue weighted by molar-refractivity contribution is -0.125. The summed E-state index contributed by atoms with van der Waals surface area (Å²) in [5, 5.41) is 0. The van der Waals surface area contributed by atoms with Crippen molar-refractivity contribution in [1.29, 1.82) is 0 Å². The third-order valence-corrected chi connectivity index (χ3v) is 4.41. The van der Waals surface area contributed by atoms with Gasteiger partial charge in [-0.2, -0.15) is 0 Å². The molecule has 0 fully saturated rings. The average molecular weight is 325 g/mol. The van der Waals surface area contributed by atoms with Gasteiger partial charge < -0.3 is 14.4 Å². The number of nitrogens with zero attached hydrogens (tertiary/aromatic N) is 1. The van der Waals surface area contributed by atoms with E-state index in [0.717, 1.165) is 17.9 Å². The maximum absolute atomic E-state index is 13.1. The van der Waals surface area contributed by atoms with Crippen LogP contribution >= 0.6 is 0 Å². The van der Waals surface area contributed by atoms with E-state index in [4.69, 9.17) is 9.47 Å². The normalized spacial score (nSPS) is 17.3. The van der Waals surface area contributed by atoms with Crippen molar-refractivity contribution in [3.63, 3.8) is 0 Å². The second-order valence-corrected chi connectivity index (χ2v) is 6.08. The molecule has 0 spiro atoms. The molecule has 1 amide bonds. The fraction of sp³-hybridized carbons (Fsp3) is 0.350.